The minimum absolute atomic E-state index is 0.449. The molecule has 5 atom stereocenters. The van der Waals surface area contributed by atoms with Crippen molar-refractivity contribution in [3.8, 4) is 5.75 Å². The zero-order chi connectivity index (χ0) is 21.3. The molecule has 0 bridgehead atoms. The van der Waals surface area contributed by atoms with E-state index in [1.165, 1.54) is 11.1 Å². The van der Waals surface area contributed by atoms with Gasteiger partial charge in [0, 0.05) is 6.54 Å². The van der Waals surface area contributed by atoms with Crippen molar-refractivity contribution in [2.24, 2.45) is 0 Å². The van der Waals surface area contributed by atoms with Gasteiger partial charge in [-0.2, -0.15) is 0 Å². The molecule has 0 amide bonds. The smallest absolute Gasteiger partial charge is 0.142 e. The highest BCUT2D eigenvalue weighted by atomic mass is 16.5. The number of nitrogens with zero attached hydrogens (tertiary/aromatic N) is 1. The van der Waals surface area contributed by atoms with Crippen molar-refractivity contribution in [3.63, 3.8) is 0 Å². The summed E-state index contributed by atoms with van der Waals surface area (Å²) in [5.74, 6) is 0.750. The van der Waals surface area contributed by atoms with Crippen molar-refractivity contribution >= 4 is 5.69 Å². The van der Waals surface area contributed by atoms with Gasteiger partial charge < -0.3 is 34.8 Å². The van der Waals surface area contributed by atoms with Gasteiger partial charge in [-0.25, -0.2) is 0 Å². The Kier molecular flexibility index (Phi) is 6.26. The molecule has 0 aliphatic carbocycles. The second-order valence-corrected chi connectivity index (χ2v) is 7.92. The van der Waals surface area contributed by atoms with Gasteiger partial charge in [-0.05, 0) is 35.2 Å². The van der Waals surface area contributed by atoms with E-state index in [0.29, 0.717) is 12.2 Å². The maximum absolute atomic E-state index is 10.5. The first kappa shape index (κ1) is 21.1. The van der Waals surface area contributed by atoms with Crippen LogP contribution in [-0.2, 0) is 17.7 Å². The lowest BCUT2D eigenvalue weighted by Gasteiger charge is -2.40. The van der Waals surface area contributed by atoms with Gasteiger partial charge in [-0.3, -0.25) is 0 Å². The van der Waals surface area contributed by atoms with Crippen molar-refractivity contribution in [2.75, 3.05) is 24.7 Å². The molecule has 1 saturated heterocycles. The molecule has 7 heteroatoms. The number of aryl methyl sites for hydroxylation is 1. The average Bonchev–Trinajstić information content (AvgIpc) is 2.78. The number of aliphatic hydroxyl groups is 4. The summed E-state index contributed by atoms with van der Waals surface area (Å²) in [6.07, 6.45) is -4.87. The fourth-order valence-corrected chi connectivity index (χ4v) is 4.11. The molecule has 0 spiro atoms. The van der Waals surface area contributed by atoms with E-state index in [9.17, 15) is 20.4 Å². The molecule has 2 heterocycles. The summed E-state index contributed by atoms with van der Waals surface area (Å²) in [6, 6.07) is 14.1. The number of fused-ring (bicyclic) bond motifs is 1. The summed E-state index contributed by atoms with van der Waals surface area (Å²) in [5.41, 5.74) is 4.03. The molecular weight excluding hydrogens is 386 g/mol. The normalized spacial score (nSPS) is 28.7. The number of hydrogen-bond donors (Lipinski definition) is 4. The summed E-state index contributed by atoms with van der Waals surface area (Å²) < 4.78 is 11.5. The maximum Gasteiger partial charge on any atom is 0.142 e. The molecule has 0 saturated carbocycles. The SMILES string of the molecule is CCc1ccc(CN2CCOc3ccc([C@@H]4O[C@H](CO)[C@@H](O)[C@H](O)[C@H]4O)cc32)cc1. The van der Waals surface area contributed by atoms with Gasteiger partial charge >= 0.3 is 0 Å². The highest BCUT2D eigenvalue weighted by molar-refractivity contribution is 5.62. The fraction of sp³-hybridized carbons (Fsp3) is 0.478. The highest BCUT2D eigenvalue weighted by Crippen LogP contribution is 2.39. The minimum Gasteiger partial charge on any atom is -0.490 e. The number of aliphatic hydroxyl groups excluding tert-OH is 4. The van der Waals surface area contributed by atoms with Gasteiger partial charge in [-0.1, -0.05) is 37.3 Å². The number of benzene rings is 2. The predicted molar refractivity (Wildman–Crippen MR) is 112 cm³/mol. The van der Waals surface area contributed by atoms with Crippen LogP contribution in [-0.4, -0.2) is 64.6 Å². The number of rotatable bonds is 5. The van der Waals surface area contributed by atoms with E-state index >= 15 is 0 Å². The van der Waals surface area contributed by atoms with E-state index in [1.807, 2.05) is 12.1 Å². The zero-order valence-corrected chi connectivity index (χ0v) is 17.0. The Balaban J connectivity index is 1.60. The molecule has 0 aromatic heterocycles. The Bertz CT molecular complexity index is 855. The molecule has 0 radical (unpaired) electrons. The molecular formula is C23H29NO6. The topological polar surface area (TPSA) is 103 Å². The Hall–Kier alpha value is -2.16. The van der Waals surface area contributed by atoms with E-state index in [2.05, 4.69) is 36.1 Å². The Morgan fingerprint density at radius 1 is 0.967 bits per heavy atom. The van der Waals surface area contributed by atoms with Gasteiger partial charge in [-0.15, -0.1) is 0 Å². The molecule has 4 N–H and O–H groups in total. The number of ether oxygens (including phenoxy) is 2. The van der Waals surface area contributed by atoms with Crippen LogP contribution in [0, 0.1) is 0 Å². The summed E-state index contributed by atoms with van der Waals surface area (Å²) in [7, 11) is 0. The lowest BCUT2D eigenvalue weighted by molar-refractivity contribution is -0.231. The van der Waals surface area contributed by atoms with Gasteiger partial charge in [0.15, 0.2) is 0 Å². The standard InChI is InChI=1S/C23H29NO6/c1-2-14-3-5-15(6-4-14)12-24-9-10-29-18-8-7-16(11-17(18)24)23-22(28)21(27)20(26)19(13-25)30-23/h3-8,11,19-23,25-28H,2,9-10,12-13H2,1H3/t19-,20-,21+,22-,23+/m1/s1. The van der Waals surface area contributed by atoms with Crippen LogP contribution in [0.2, 0.25) is 0 Å². The van der Waals surface area contributed by atoms with Gasteiger partial charge in [0.2, 0.25) is 0 Å². The van der Waals surface area contributed by atoms with Crippen molar-refractivity contribution in [1.82, 2.24) is 0 Å². The first-order valence-corrected chi connectivity index (χ1v) is 10.4. The Labute approximate surface area is 176 Å². The number of hydrogen-bond acceptors (Lipinski definition) is 7. The van der Waals surface area contributed by atoms with Crippen LogP contribution in [0.15, 0.2) is 42.5 Å². The minimum atomic E-state index is -1.40. The lowest BCUT2D eigenvalue weighted by Crippen LogP contribution is -2.55. The molecule has 162 valence electrons. The Morgan fingerprint density at radius 2 is 1.70 bits per heavy atom. The van der Waals surface area contributed by atoms with Crippen molar-refractivity contribution < 1.29 is 29.9 Å². The summed E-state index contributed by atoms with van der Waals surface area (Å²) in [6.45, 7) is 3.71. The molecule has 2 aliphatic rings. The third kappa shape index (κ3) is 4.04. The van der Waals surface area contributed by atoms with E-state index in [1.54, 1.807) is 6.07 Å². The van der Waals surface area contributed by atoms with Crippen LogP contribution < -0.4 is 9.64 Å². The Morgan fingerprint density at radius 3 is 2.40 bits per heavy atom. The largest absolute Gasteiger partial charge is 0.490 e. The predicted octanol–water partition coefficient (Wildman–Crippen LogP) is 1.16. The van der Waals surface area contributed by atoms with E-state index < -0.39 is 37.1 Å². The zero-order valence-electron chi connectivity index (χ0n) is 17.0. The van der Waals surface area contributed by atoms with E-state index in [4.69, 9.17) is 9.47 Å². The maximum atomic E-state index is 10.5. The molecule has 7 nitrogen and oxygen atoms in total. The van der Waals surface area contributed by atoms with Crippen LogP contribution in [0.1, 0.15) is 29.7 Å². The van der Waals surface area contributed by atoms with Gasteiger partial charge in [0.05, 0.1) is 18.8 Å². The fourth-order valence-electron chi connectivity index (χ4n) is 4.11. The molecule has 2 aromatic carbocycles. The molecule has 1 fully saturated rings. The molecule has 30 heavy (non-hydrogen) atoms. The first-order valence-electron chi connectivity index (χ1n) is 10.4. The van der Waals surface area contributed by atoms with Crippen LogP contribution in [0.5, 0.6) is 5.75 Å². The van der Waals surface area contributed by atoms with Crippen molar-refractivity contribution in [1.29, 1.82) is 0 Å². The molecule has 0 unspecified atom stereocenters. The van der Waals surface area contributed by atoms with Crippen molar-refractivity contribution in [2.45, 2.75) is 50.4 Å². The molecule has 2 aromatic rings. The van der Waals surface area contributed by atoms with Crippen LogP contribution in [0.25, 0.3) is 0 Å². The number of anilines is 1. The summed E-state index contributed by atoms with van der Waals surface area (Å²) >= 11 is 0. The highest BCUT2D eigenvalue weighted by Gasteiger charge is 2.44. The first-order chi connectivity index (χ1) is 14.5. The second kappa shape index (κ2) is 8.91. The molecule has 4 rings (SSSR count). The monoisotopic (exact) mass is 415 g/mol. The van der Waals surface area contributed by atoms with Gasteiger partial charge in [0.25, 0.3) is 0 Å². The summed E-state index contributed by atoms with van der Waals surface area (Å²) in [4.78, 5) is 2.22. The molecule has 2 aliphatic heterocycles. The van der Waals surface area contributed by atoms with E-state index in [-0.39, 0.29) is 0 Å². The summed E-state index contributed by atoms with van der Waals surface area (Å²) in [5, 5.41) is 40.1. The van der Waals surface area contributed by atoms with Crippen LogP contribution in [0.4, 0.5) is 5.69 Å². The third-order valence-corrected chi connectivity index (χ3v) is 5.97. The van der Waals surface area contributed by atoms with Gasteiger partial charge in [0.1, 0.15) is 42.9 Å². The van der Waals surface area contributed by atoms with Crippen molar-refractivity contribution in [3.05, 3.63) is 59.2 Å². The quantitative estimate of drug-likeness (QED) is 0.581. The van der Waals surface area contributed by atoms with E-state index in [0.717, 1.165) is 30.9 Å². The second-order valence-electron chi connectivity index (χ2n) is 7.92. The third-order valence-electron chi connectivity index (χ3n) is 5.97. The van der Waals surface area contributed by atoms with Crippen LogP contribution in [0.3, 0.4) is 0 Å². The van der Waals surface area contributed by atoms with Crippen LogP contribution >= 0.6 is 0 Å². The average molecular weight is 415 g/mol. The lowest BCUT2D eigenvalue weighted by atomic mass is 9.91.